The predicted molar refractivity (Wildman–Crippen MR) is 65.1 cm³/mol. The van der Waals surface area contributed by atoms with E-state index in [4.69, 9.17) is 9.15 Å². The zero-order chi connectivity index (χ0) is 11.5. The molecule has 1 aliphatic heterocycles. The highest BCUT2D eigenvalue weighted by Gasteiger charge is 2.22. The monoisotopic (exact) mass is 227 g/mol. The van der Waals surface area contributed by atoms with Crippen LogP contribution in [0.5, 0.6) is 0 Å². The zero-order valence-electron chi connectivity index (χ0n) is 9.37. The Hall–Kier alpha value is -2.03. The van der Waals surface area contributed by atoms with Crippen molar-refractivity contribution in [3.05, 3.63) is 60.1 Å². The molecule has 1 atom stereocenters. The summed E-state index contributed by atoms with van der Waals surface area (Å²) in [5.74, 6) is 1.33. The number of aliphatic imine (C=N–C) groups is 1. The summed E-state index contributed by atoms with van der Waals surface area (Å²) in [5, 5.41) is 0. The van der Waals surface area contributed by atoms with E-state index in [9.17, 15) is 0 Å². The first-order valence-electron chi connectivity index (χ1n) is 5.71. The van der Waals surface area contributed by atoms with Crippen molar-refractivity contribution in [1.29, 1.82) is 0 Å². The van der Waals surface area contributed by atoms with Crippen LogP contribution in [0.2, 0.25) is 0 Å². The normalized spacial score (nSPS) is 18.8. The van der Waals surface area contributed by atoms with Crippen LogP contribution in [0.4, 0.5) is 0 Å². The molecule has 1 aromatic heterocycles. The van der Waals surface area contributed by atoms with E-state index in [0.717, 1.165) is 6.42 Å². The Bertz CT molecular complexity index is 502. The van der Waals surface area contributed by atoms with Gasteiger partial charge >= 0.3 is 0 Å². The molecule has 0 saturated heterocycles. The molecule has 3 heteroatoms. The molecule has 1 aromatic carbocycles. The molecule has 2 aromatic rings. The second kappa shape index (κ2) is 4.45. The Kier molecular flexibility index (Phi) is 2.66. The molecule has 86 valence electrons. The molecule has 0 saturated carbocycles. The third-order valence-electron chi connectivity index (χ3n) is 2.75. The van der Waals surface area contributed by atoms with E-state index in [1.807, 2.05) is 30.3 Å². The summed E-state index contributed by atoms with van der Waals surface area (Å²) < 4.78 is 11.0. The average Bonchev–Trinajstić information content (AvgIpc) is 3.00. The number of ether oxygens (including phenoxy) is 1. The van der Waals surface area contributed by atoms with Gasteiger partial charge < -0.3 is 9.15 Å². The van der Waals surface area contributed by atoms with Gasteiger partial charge in [0.15, 0.2) is 5.76 Å². The highest BCUT2D eigenvalue weighted by Crippen LogP contribution is 2.16. The van der Waals surface area contributed by atoms with E-state index >= 15 is 0 Å². The number of nitrogens with zero attached hydrogens (tertiary/aromatic N) is 1. The van der Waals surface area contributed by atoms with Gasteiger partial charge in [-0.2, -0.15) is 0 Å². The van der Waals surface area contributed by atoms with Gasteiger partial charge in [-0.25, -0.2) is 4.99 Å². The quantitative estimate of drug-likeness (QED) is 0.808. The number of hydrogen-bond acceptors (Lipinski definition) is 3. The third-order valence-corrected chi connectivity index (χ3v) is 2.75. The van der Waals surface area contributed by atoms with Crippen LogP contribution in [-0.2, 0) is 11.2 Å². The van der Waals surface area contributed by atoms with Crippen molar-refractivity contribution in [1.82, 2.24) is 0 Å². The van der Waals surface area contributed by atoms with Crippen molar-refractivity contribution in [3.8, 4) is 0 Å². The Labute approximate surface area is 99.7 Å². The molecule has 3 rings (SSSR count). The summed E-state index contributed by atoms with van der Waals surface area (Å²) in [4.78, 5) is 4.36. The van der Waals surface area contributed by atoms with Crippen molar-refractivity contribution in [3.63, 3.8) is 0 Å². The van der Waals surface area contributed by atoms with Crippen molar-refractivity contribution < 1.29 is 9.15 Å². The van der Waals surface area contributed by atoms with Crippen LogP contribution in [0.1, 0.15) is 11.3 Å². The van der Waals surface area contributed by atoms with Gasteiger partial charge in [-0.3, -0.25) is 0 Å². The van der Waals surface area contributed by atoms with Gasteiger partial charge in [-0.15, -0.1) is 0 Å². The second-order valence-corrected chi connectivity index (χ2v) is 4.05. The molecule has 0 bridgehead atoms. The number of rotatable bonds is 3. The van der Waals surface area contributed by atoms with E-state index in [1.165, 1.54) is 5.56 Å². The molecular formula is C14H13NO2. The summed E-state index contributed by atoms with van der Waals surface area (Å²) in [6, 6.07) is 14.0. The summed E-state index contributed by atoms with van der Waals surface area (Å²) in [6.45, 7) is 0.699. The molecule has 0 amide bonds. The van der Waals surface area contributed by atoms with E-state index in [0.29, 0.717) is 18.2 Å². The minimum absolute atomic E-state index is 0.123. The van der Waals surface area contributed by atoms with E-state index in [2.05, 4.69) is 17.1 Å². The molecule has 0 fully saturated rings. The van der Waals surface area contributed by atoms with Crippen LogP contribution in [0.25, 0.3) is 0 Å². The maximum Gasteiger partial charge on any atom is 0.253 e. The highest BCUT2D eigenvalue weighted by atomic mass is 16.5. The summed E-state index contributed by atoms with van der Waals surface area (Å²) >= 11 is 0. The van der Waals surface area contributed by atoms with E-state index in [1.54, 1.807) is 6.26 Å². The number of hydrogen-bond donors (Lipinski definition) is 0. The van der Waals surface area contributed by atoms with Gasteiger partial charge in [0.1, 0.15) is 6.10 Å². The molecule has 0 spiro atoms. The molecule has 0 radical (unpaired) electrons. The van der Waals surface area contributed by atoms with Crippen molar-refractivity contribution in [2.24, 2.45) is 4.99 Å². The first-order valence-corrected chi connectivity index (χ1v) is 5.71. The van der Waals surface area contributed by atoms with Gasteiger partial charge in [0, 0.05) is 6.42 Å². The zero-order valence-corrected chi connectivity index (χ0v) is 9.37. The van der Waals surface area contributed by atoms with Crippen molar-refractivity contribution in [2.75, 3.05) is 6.54 Å². The van der Waals surface area contributed by atoms with Gasteiger partial charge in [0.25, 0.3) is 5.90 Å². The van der Waals surface area contributed by atoms with Crippen LogP contribution in [-0.4, -0.2) is 18.5 Å². The topological polar surface area (TPSA) is 34.7 Å². The van der Waals surface area contributed by atoms with E-state index < -0.39 is 0 Å². The minimum Gasteiger partial charge on any atom is -0.470 e. The standard InChI is InChI=1S/C14H13NO2/c1-2-5-11(6-3-1)9-12-10-15-14(17-12)13-7-4-8-16-13/h1-8,12H,9-10H2/t12-/m0/s1. The SMILES string of the molecule is c1ccc(C[C@H]2CN=C(c3ccco3)O2)cc1. The second-order valence-electron chi connectivity index (χ2n) is 4.05. The highest BCUT2D eigenvalue weighted by molar-refractivity contribution is 5.92. The van der Waals surface area contributed by atoms with Crippen molar-refractivity contribution in [2.45, 2.75) is 12.5 Å². The molecule has 0 unspecified atom stereocenters. The summed E-state index contributed by atoms with van der Waals surface area (Å²) in [5.41, 5.74) is 1.27. The van der Waals surface area contributed by atoms with Crippen LogP contribution in [0.3, 0.4) is 0 Å². The molecule has 0 aliphatic carbocycles. The van der Waals surface area contributed by atoms with Gasteiger partial charge in [0.2, 0.25) is 0 Å². The van der Waals surface area contributed by atoms with Crippen LogP contribution >= 0.6 is 0 Å². The number of benzene rings is 1. The molecule has 3 nitrogen and oxygen atoms in total. The predicted octanol–water partition coefficient (Wildman–Crippen LogP) is 2.67. The van der Waals surface area contributed by atoms with Crippen LogP contribution in [0, 0.1) is 0 Å². The lowest BCUT2D eigenvalue weighted by Crippen LogP contribution is -2.16. The fourth-order valence-electron chi connectivity index (χ4n) is 1.94. The fourth-order valence-corrected chi connectivity index (χ4v) is 1.94. The molecule has 1 aliphatic rings. The molecule has 17 heavy (non-hydrogen) atoms. The van der Waals surface area contributed by atoms with Crippen molar-refractivity contribution >= 4 is 5.90 Å². The van der Waals surface area contributed by atoms with Crippen LogP contribution in [0.15, 0.2) is 58.1 Å². The minimum atomic E-state index is 0.123. The van der Waals surface area contributed by atoms with E-state index in [-0.39, 0.29) is 6.10 Å². The maximum atomic E-state index is 5.77. The Morgan fingerprint density at radius 3 is 2.76 bits per heavy atom. The third kappa shape index (κ3) is 2.23. The Balaban J connectivity index is 1.64. The first-order chi connectivity index (χ1) is 8.42. The first kappa shape index (κ1) is 10.1. The molecular weight excluding hydrogens is 214 g/mol. The molecule has 0 N–H and O–H groups in total. The molecule has 2 heterocycles. The lowest BCUT2D eigenvalue weighted by molar-refractivity contribution is 0.221. The van der Waals surface area contributed by atoms with Gasteiger partial charge in [-0.1, -0.05) is 30.3 Å². The smallest absolute Gasteiger partial charge is 0.253 e. The number of furan rings is 1. The Morgan fingerprint density at radius 2 is 2.00 bits per heavy atom. The fraction of sp³-hybridized carbons (Fsp3) is 0.214. The maximum absolute atomic E-state index is 5.77. The van der Waals surface area contributed by atoms with Gasteiger partial charge in [-0.05, 0) is 17.7 Å². The summed E-state index contributed by atoms with van der Waals surface area (Å²) in [7, 11) is 0. The Morgan fingerprint density at radius 1 is 1.12 bits per heavy atom. The average molecular weight is 227 g/mol. The van der Waals surface area contributed by atoms with Crippen LogP contribution < -0.4 is 0 Å². The van der Waals surface area contributed by atoms with Gasteiger partial charge in [0.05, 0.1) is 12.8 Å². The summed E-state index contributed by atoms with van der Waals surface area (Å²) in [6.07, 6.45) is 2.64. The lowest BCUT2D eigenvalue weighted by atomic mass is 10.1. The largest absolute Gasteiger partial charge is 0.470 e. The lowest BCUT2D eigenvalue weighted by Gasteiger charge is -2.10.